The van der Waals surface area contributed by atoms with E-state index in [1.807, 2.05) is 95.3 Å². The normalized spacial score (nSPS) is 12.1. The van der Waals surface area contributed by atoms with Crippen molar-refractivity contribution in [3.05, 3.63) is 100 Å². The molecule has 1 N–H and O–H groups in total. The Morgan fingerprint density at radius 2 is 1.58 bits per heavy atom. The van der Waals surface area contributed by atoms with Crippen LogP contribution < -0.4 is 10.1 Å². The van der Waals surface area contributed by atoms with Gasteiger partial charge in [0.2, 0.25) is 5.91 Å². The van der Waals surface area contributed by atoms with E-state index >= 15 is 0 Å². The van der Waals surface area contributed by atoms with Gasteiger partial charge in [-0.2, -0.15) is 0 Å². The zero-order chi connectivity index (χ0) is 26.3. The lowest BCUT2D eigenvalue weighted by atomic mass is 10.0. The fourth-order valence-corrected chi connectivity index (χ4v) is 3.95. The Hall–Kier alpha value is -3.31. The van der Waals surface area contributed by atoms with Gasteiger partial charge in [0.1, 0.15) is 11.8 Å². The molecule has 0 saturated heterocycles. The predicted molar refractivity (Wildman–Crippen MR) is 145 cm³/mol. The average Bonchev–Trinajstić information content (AvgIpc) is 2.82. The van der Waals surface area contributed by atoms with E-state index in [4.69, 9.17) is 16.3 Å². The molecule has 0 aliphatic carbocycles. The van der Waals surface area contributed by atoms with Crippen molar-refractivity contribution in [1.29, 1.82) is 0 Å². The van der Waals surface area contributed by atoms with E-state index in [1.165, 1.54) is 0 Å². The summed E-state index contributed by atoms with van der Waals surface area (Å²) in [5, 5.41) is 3.67. The van der Waals surface area contributed by atoms with Gasteiger partial charge in [-0.3, -0.25) is 9.59 Å². The van der Waals surface area contributed by atoms with E-state index in [0.29, 0.717) is 17.2 Å². The molecule has 0 heterocycles. The first-order chi connectivity index (χ1) is 17.0. The third kappa shape index (κ3) is 8.13. The number of carbonyl (C=O) groups excluding carboxylic acids is 2. The monoisotopic (exact) mass is 506 g/mol. The van der Waals surface area contributed by atoms with Crippen molar-refractivity contribution in [3.63, 3.8) is 0 Å². The fraction of sp³-hybridized carbons (Fsp3) is 0.333. The van der Waals surface area contributed by atoms with Crippen molar-refractivity contribution in [2.24, 2.45) is 0 Å². The zero-order valence-electron chi connectivity index (χ0n) is 21.7. The lowest BCUT2D eigenvalue weighted by Crippen LogP contribution is -2.55. The Morgan fingerprint density at radius 1 is 0.917 bits per heavy atom. The Morgan fingerprint density at radius 3 is 2.19 bits per heavy atom. The molecule has 36 heavy (non-hydrogen) atoms. The first-order valence-electron chi connectivity index (χ1n) is 12.1. The SMILES string of the molecule is Cc1ccc(OCC(=O)N(Cc2ccc(Cl)cc2)[C@@H](Cc2ccccc2)C(=O)NC(C)(C)C)cc1C. The Balaban J connectivity index is 1.92. The highest BCUT2D eigenvalue weighted by Gasteiger charge is 2.32. The van der Waals surface area contributed by atoms with Gasteiger partial charge in [-0.25, -0.2) is 0 Å². The number of nitrogens with zero attached hydrogens (tertiary/aromatic N) is 1. The average molecular weight is 507 g/mol. The summed E-state index contributed by atoms with van der Waals surface area (Å²) < 4.78 is 5.88. The number of halogens is 1. The summed E-state index contributed by atoms with van der Waals surface area (Å²) in [5.41, 5.74) is 3.64. The van der Waals surface area contributed by atoms with Gasteiger partial charge in [0.15, 0.2) is 6.61 Å². The molecule has 0 saturated carbocycles. The highest BCUT2D eigenvalue weighted by Crippen LogP contribution is 2.20. The Kier molecular flexibility index (Phi) is 9.16. The third-order valence-electron chi connectivity index (χ3n) is 5.88. The largest absolute Gasteiger partial charge is 0.484 e. The highest BCUT2D eigenvalue weighted by atomic mass is 35.5. The molecule has 0 bridgehead atoms. The smallest absolute Gasteiger partial charge is 0.261 e. The molecule has 190 valence electrons. The molecule has 0 aliphatic rings. The molecule has 2 amide bonds. The molecule has 0 fully saturated rings. The van der Waals surface area contributed by atoms with Crippen molar-refractivity contribution in [2.75, 3.05) is 6.61 Å². The molecule has 3 aromatic carbocycles. The van der Waals surface area contributed by atoms with Crippen molar-refractivity contribution in [2.45, 2.75) is 59.2 Å². The maximum atomic E-state index is 13.6. The van der Waals surface area contributed by atoms with Gasteiger partial charge in [-0.05, 0) is 81.1 Å². The van der Waals surface area contributed by atoms with Crippen LogP contribution in [0, 0.1) is 13.8 Å². The molecule has 0 spiro atoms. The van der Waals surface area contributed by atoms with Crippen LogP contribution >= 0.6 is 11.6 Å². The maximum absolute atomic E-state index is 13.6. The summed E-state index contributed by atoms with van der Waals surface area (Å²) in [4.78, 5) is 28.8. The summed E-state index contributed by atoms with van der Waals surface area (Å²) in [6, 6.07) is 22.1. The summed E-state index contributed by atoms with van der Waals surface area (Å²) >= 11 is 6.08. The molecule has 3 rings (SSSR count). The van der Waals surface area contributed by atoms with E-state index in [9.17, 15) is 9.59 Å². The fourth-order valence-electron chi connectivity index (χ4n) is 3.83. The van der Waals surface area contributed by atoms with Crippen LogP contribution in [0.4, 0.5) is 0 Å². The van der Waals surface area contributed by atoms with E-state index < -0.39 is 11.6 Å². The van der Waals surface area contributed by atoms with Crippen LogP contribution in [0.25, 0.3) is 0 Å². The molecule has 1 atom stereocenters. The number of carbonyl (C=O) groups is 2. The molecule has 5 nitrogen and oxygen atoms in total. The first kappa shape index (κ1) is 27.3. The number of rotatable bonds is 9. The molecule has 0 aromatic heterocycles. The van der Waals surface area contributed by atoms with Gasteiger partial charge < -0.3 is 15.0 Å². The van der Waals surface area contributed by atoms with Gasteiger partial charge in [0, 0.05) is 23.5 Å². The molecule has 0 aliphatic heterocycles. The minimum absolute atomic E-state index is 0.176. The van der Waals surface area contributed by atoms with Crippen molar-refractivity contribution in [1.82, 2.24) is 10.2 Å². The standard InChI is InChI=1S/C30H35ClN2O3/c1-21-11-16-26(17-22(21)2)36-20-28(34)33(19-24-12-14-25(31)15-13-24)27(29(35)32-30(3,4)5)18-23-9-7-6-8-10-23/h6-17,27H,18-20H2,1-5H3,(H,32,35)/t27-/m0/s1. The van der Waals surface area contributed by atoms with E-state index in [1.54, 1.807) is 17.0 Å². The maximum Gasteiger partial charge on any atom is 0.261 e. The molecule has 3 aromatic rings. The van der Waals surface area contributed by atoms with Crippen LogP contribution in [0.15, 0.2) is 72.8 Å². The van der Waals surface area contributed by atoms with Crippen molar-refractivity contribution in [3.8, 4) is 5.75 Å². The molecular formula is C30H35ClN2O3. The number of nitrogens with one attached hydrogen (secondary N) is 1. The van der Waals surface area contributed by atoms with E-state index in [0.717, 1.165) is 22.3 Å². The van der Waals surface area contributed by atoms with Crippen LogP contribution in [-0.4, -0.2) is 34.9 Å². The number of ether oxygens (including phenoxy) is 1. The topological polar surface area (TPSA) is 58.6 Å². The van der Waals surface area contributed by atoms with Crippen LogP contribution in [0.2, 0.25) is 5.02 Å². The highest BCUT2D eigenvalue weighted by molar-refractivity contribution is 6.30. The quantitative estimate of drug-likeness (QED) is 0.393. The van der Waals surface area contributed by atoms with Gasteiger partial charge in [0.05, 0.1) is 0 Å². The number of hydrogen-bond acceptors (Lipinski definition) is 3. The van der Waals surface area contributed by atoms with E-state index in [2.05, 4.69) is 5.32 Å². The van der Waals surface area contributed by atoms with Crippen molar-refractivity contribution < 1.29 is 14.3 Å². The third-order valence-corrected chi connectivity index (χ3v) is 6.13. The first-order valence-corrected chi connectivity index (χ1v) is 12.5. The van der Waals surface area contributed by atoms with Gasteiger partial charge in [-0.15, -0.1) is 0 Å². The predicted octanol–water partition coefficient (Wildman–Crippen LogP) is 5.89. The zero-order valence-corrected chi connectivity index (χ0v) is 22.4. The number of aryl methyl sites for hydroxylation is 2. The molecule has 0 radical (unpaired) electrons. The second kappa shape index (κ2) is 12.1. The van der Waals surface area contributed by atoms with Crippen LogP contribution in [0.5, 0.6) is 5.75 Å². The van der Waals surface area contributed by atoms with Crippen LogP contribution in [0.3, 0.4) is 0 Å². The number of hydrogen-bond donors (Lipinski definition) is 1. The van der Waals surface area contributed by atoms with Crippen LogP contribution in [0.1, 0.15) is 43.0 Å². The van der Waals surface area contributed by atoms with Gasteiger partial charge in [-0.1, -0.05) is 60.1 Å². The molecule has 0 unspecified atom stereocenters. The van der Waals surface area contributed by atoms with Crippen LogP contribution in [-0.2, 0) is 22.6 Å². The van der Waals surface area contributed by atoms with Gasteiger partial charge >= 0.3 is 0 Å². The lowest BCUT2D eigenvalue weighted by Gasteiger charge is -2.33. The summed E-state index contributed by atoms with van der Waals surface area (Å²) in [5.74, 6) is 0.143. The summed E-state index contributed by atoms with van der Waals surface area (Å²) in [6.45, 7) is 9.89. The Bertz CT molecular complexity index is 1170. The Labute approximate surface area is 219 Å². The molecular weight excluding hydrogens is 472 g/mol. The second-order valence-corrected chi connectivity index (χ2v) is 10.6. The summed E-state index contributed by atoms with van der Waals surface area (Å²) in [6.07, 6.45) is 0.381. The molecule has 6 heteroatoms. The lowest BCUT2D eigenvalue weighted by molar-refractivity contribution is -0.143. The summed E-state index contributed by atoms with van der Waals surface area (Å²) in [7, 11) is 0. The van der Waals surface area contributed by atoms with Gasteiger partial charge in [0.25, 0.3) is 5.91 Å². The second-order valence-electron chi connectivity index (χ2n) is 10.1. The van der Waals surface area contributed by atoms with E-state index in [-0.39, 0.29) is 25.0 Å². The number of amides is 2. The van der Waals surface area contributed by atoms with Crippen molar-refractivity contribution >= 4 is 23.4 Å². The minimum Gasteiger partial charge on any atom is -0.484 e. The number of benzene rings is 3. The minimum atomic E-state index is -0.724.